The fourth-order valence-electron chi connectivity index (χ4n) is 3.12. The van der Waals surface area contributed by atoms with E-state index in [1.807, 2.05) is 25.1 Å². The SMILES string of the molecule is Cc1ccoc1C(O)C1(CN)Cc2ccccc2C1. The Balaban J connectivity index is 1.97. The van der Waals surface area contributed by atoms with Crippen LogP contribution in [0.3, 0.4) is 0 Å². The molecular formula is C16H19NO2. The zero-order chi connectivity index (χ0) is 13.5. The van der Waals surface area contributed by atoms with Crippen molar-refractivity contribution in [1.29, 1.82) is 0 Å². The van der Waals surface area contributed by atoms with Gasteiger partial charge < -0.3 is 15.3 Å². The van der Waals surface area contributed by atoms with Crippen molar-refractivity contribution in [3.8, 4) is 0 Å². The molecule has 0 saturated carbocycles. The van der Waals surface area contributed by atoms with Gasteiger partial charge in [0.1, 0.15) is 11.9 Å². The van der Waals surface area contributed by atoms with Crippen LogP contribution in [0.25, 0.3) is 0 Å². The zero-order valence-electron chi connectivity index (χ0n) is 11.1. The summed E-state index contributed by atoms with van der Waals surface area (Å²) in [5.41, 5.74) is 9.22. The third-order valence-electron chi connectivity index (χ3n) is 4.34. The van der Waals surface area contributed by atoms with Gasteiger partial charge in [-0.2, -0.15) is 0 Å². The van der Waals surface area contributed by atoms with E-state index in [2.05, 4.69) is 12.1 Å². The van der Waals surface area contributed by atoms with Gasteiger partial charge in [0.05, 0.1) is 6.26 Å². The fraction of sp³-hybridized carbons (Fsp3) is 0.375. The fourth-order valence-corrected chi connectivity index (χ4v) is 3.12. The minimum absolute atomic E-state index is 0.341. The van der Waals surface area contributed by atoms with Crippen LogP contribution in [0, 0.1) is 12.3 Å². The molecule has 1 atom stereocenters. The Hall–Kier alpha value is -1.58. The van der Waals surface area contributed by atoms with Crippen LogP contribution in [0.15, 0.2) is 41.0 Å². The maximum absolute atomic E-state index is 10.7. The standard InChI is InChI=1S/C16H19NO2/c1-11-6-7-19-14(11)15(18)16(10-17)8-12-4-2-3-5-13(12)9-16/h2-7,15,18H,8-10,17H2,1H3. The molecule has 1 unspecified atom stereocenters. The molecule has 0 spiro atoms. The maximum Gasteiger partial charge on any atom is 0.135 e. The number of nitrogens with two attached hydrogens (primary N) is 1. The van der Waals surface area contributed by atoms with E-state index in [0.29, 0.717) is 12.3 Å². The first kappa shape index (κ1) is 12.5. The van der Waals surface area contributed by atoms with Gasteiger partial charge in [-0.15, -0.1) is 0 Å². The van der Waals surface area contributed by atoms with Gasteiger partial charge in [0.25, 0.3) is 0 Å². The monoisotopic (exact) mass is 257 g/mol. The number of hydrogen-bond acceptors (Lipinski definition) is 3. The second-order valence-electron chi connectivity index (χ2n) is 5.56. The van der Waals surface area contributed by atoms with E-state index in [-0.39, 0.29) is 5.41 Å². The minimum atomic E-state index is -0.653. The van der Waals surface area contributed by atoms with E-state index >= 15 is 0 Å². The zero-order valence-corrected chi connectivity index (χ0v) is 11.1. The lowest BCUT2D eigenvalue weighted by Gasteiger charge is -2.32. The van der Waals surface area contributed by atoms with Crippen molar-refractivity contribution >= 4 is 0 Å². The third kappa shape index (κ3) is 1.90. The van der Waals surface area contributed by atoms with E-state index in [0.717, 1.165) is 18.4 Å². The van der Waals surface area contributed by atoms with Gasteiger partial charge in [-0.05, 0) is 42.5 Å². The Bertz CT molecular complexity index is 563. The van der Waals surface area contributed by atoms with E-state index < -0.39 is 6.10 Å². The van der Waals surface area contributed by atoms with Gasteiger partial charge in [0, 0.05) is 12.0 Å². The highest BCUT2D eigenvalue weighted by molar-refractivity contribution is 5.36. The summed E-state index contributed by atoms with van der Waals surface area (Å²) in [6.07, 6.45) is 2.59. The highest BCUT2D eigenvalue weighted by Crippen LogP contribution is 2.45. The van der Waals surface area contributed by atoms with E-state index in [9.17, 15) is 5.11 Å². The average molecular weight is 257 g/mol. The van der Waals surface area contributed by atoms with E-state index in [1.54, 1.807) is 6.26 Å². The summed E-state index contributed by atoms with van der Waals surface area (Å²) in [6, 6.07) is 10.2. The molecule has 2 aromatic rings. The van der Waals surface area contributed by atoms with Gasteiger partial charge >= 0.3 is 0 Å². The lowest BCUT2D eigenvalue weighted by molar-refractivity contribution is 0.0182. The summed E-state index contributed by atoms with van der Waals surface area (Å²) in [6.45, 7) is 2.40. The Morgan fingerprint density at radius 2 is 1.89 bits per heavy atom. The van der Waals surface area contributed by atoms with Crippen LogP contribution < -0.4 is 5.73 Å². The quantitative estimate of drug-likeness (QED) is 0.887. The third-order valence-corrected chi connectivity index (χ3v) is 4.34. The van der Waals surface area contributed by atoms with Crippen LogP contribution in [0.4, 0.5) is 0 Å². The van der Waals surface area contributed by atoms with Crippen molar-refractivity contribution in [1.82, 2.24) is 0 Å². The molecule has 3 nitrogen and oxygen atoms in total. The van der Waals surface area contributed by atoms with Gasteiger partial charge in [0.15, 0.2) is 0 Å². The van der Waals surface area contributed by atoms with Crippen LogP contribution in [-0.4, -0.2) is 11.7 Å². The molecule has 0 saturated heterocycles. The molecule has 0 radical (unpaired) electrons. The summed E-state index contributed by atoms with van der Waals surface area (Å²) in [7, 11) is 0. The van der Waals surface area contributed by atoms with Crippen LogP contribution in [0.5, 0.6) is 0 Å². The molecule has 1 aromatic carbocycles. The predicted octanol–water partition coefficient (Wildman–Crippen LogP) is 2.37. The second kappa shape index (κ2) is 4.51. The summed E-state index contributed by atoms with van der Waals surface area (Å²) < 4.78 is 5.46. The molecule has 1 aliphatic rings. The second-order valence-corrected chi connectivity index (χ2v) is 5.56. The molecule has 3 N–H and O–H groups in total. The molecule has 3 rings (SSSR count). The van der Waals surface area contributed by atoms with Gasteiger partial charge in [-0.25, -0.2) is 0 Å². The van der Waals surface area contributed by atoms with Crippen LogP contribution >= 0.6 is 0 Å². The number of rotatable bonds is 3. The highest BCUT2D eigenvalue weighted by Gasteiger charge is 2.44. The summed E-state index contributed by atoms with van der Waals surface area (Å²) in [5, 5.41) is 10.7. The van der Waals surface area contributed by atoms with Crippen molar-refractivity contribution in [2.75, 3.05) is 6.54 Å². The summed E-state index contributed by atoms with van der Waals surface area (Å²) in [4.78, 5) is 0. The Labute approximate surface area is 113 Å². The highest BCUT2D eigenvalue weighted by atomic mass is 16.4. The molecule has 100 valence electrons. The number of aliphatic hydroxyl groups excluding tert-OH is 1. The van der Waals surface area contributed by atoms with Crippen LogP contribution in [0.1, 0.15) is 28.6 Å². The van der Waals surface area contributed by atoms with Crippen molar-refractivity contribution in [2.45, 2.75) is 25.9 Å². The Morgan fingerprint density at radius 1 is 1.26 bits per heavy atom. The number of benzene rings is 1. The molecule has 19 heavy (non-hydrogen) atoms. The Kier molecular flexibility index (Phi) is 2.96. The van der Waals surface area contributed by atoms with E-state index in [1.165, 1.54) is 11.1 Å². The Morgan fingerprint density at radius 3 is 2.37 bits per heavy atom. The summed E-state index contributed by atoms with van der Waals surface area (Å²) in [5.74, 6) is 0.651. The van der Waals surface area contributed by atoms with Crippen molar-refractivity contribution < 1.29 is 9.52 Å². The molecule has 0 bridgehead atoms. The number of hydrogen-bond donors (Lipinski definition) is 2. The lowest BCUT2D eigenvalue weighted by atomic mass is 9.77. The lowest BCUT2D eigenvalue weighted by Crippen LogP contribution is -2.37. The van der Waals surface area contributed by atoms with Crippen LogP contribution in [0.2, 0.25) is 0 Å². The van der Waals surface area contributed by atoms with Gasteiger partial charge in [-0.3, -0.25) is 0 Å². The van der Waals surface area contributed by atoms with Gasteiger partial charge in [0.2, 0.25) is 0 Å². The molecule has 1 aliphatic carbocycles. The number of aryl methyl sites for hydroxylation is 1. The number of fused-ring (bicyclic) bond motifs is 1. The normalized spacial score (nSPS) is 18.3. The molecule has 1 heterocycles. The number of aliphatic hydroxyl groups is 1. The van der Waals surface area contributed by atoms with Crippen LogP contribution in [-0.2, 0) is 12.8 Å². The smallest absolute Gasteiger partial charge is 0.135 e. The molecule has 0 fully saturated rings. The molecule has 3 heteroatoms. The molecular weight excluding hydrogens is 238 g/mol. The first-order valence-corrected chi connectivity index (χ1v) is 6.65. The van der Waals surface area contributed by atoms with Crippen molar-refractivity contribution in [3.63, 3.8) is 0 Å². The minimum Gasteiger partial charge on any atom is -0.466 e. The topological polar surface area (TPSA) is 59.4 Å². The first-order valence-electron chi connectivity index (χ1n) is 6.65. The molecule has 0 amide bonds. The van der Waals surface area contributed by atoms with Gasteiger partial charge in [-0.1, -0.05) is 24.3 Å². The van der Waals surface area contributed by atoms with Crippen molar-refractivity contribution in [2.24, 2.45) is 11.1 Å². The molecule has 1 aromatic heterocycles. The van der Waals surface area contributed by atoms with Crippen molar-refractivity contribution in [3.05, 3.63) is 59.0 Å². The van der Waals surface area contributed by atoms with E-state index in [4.69, 9.17) is 10.2 Å². The summed E-state index contributed by atoms with van der Waals surface area (Å²) >= 11 is 0. The predicted molar refractivity (Wildman–Crippen MR) is 73.7 cm³/mol. The largest absolute Gasteiger partial charge is 0.466 e. The maximum atomic E-state index is 10.7. The first-order chi connectivity index (χ1) is 9.16. The number of furan rings is 1. The molecule has 0 aliphatic heterocycles. The average Bonchev–Trinajstić information content (AvgIpc) is 3.01.